The molecule has 0 saturated carbocycles. The zero-order valence-corrected chi connectivity index (χ0v) is 12.8. The van der Waals surface area contributed by atoms with E-state index in [2.05, 4.69) is 17.0 Å². The van der Waals surface area contributed by atoms with Gasteiger partial charge in [-0.25, -0.2) is 8.42 Å². The molecule has 0 spiro atoms. The minimum atomic E-state index is -3.24. The van der Waals surface area contributed by atoms with Crippen LogP contribution in [0.2, 0.25) is 0 Å². The molecule has 22 heavy (non-hydrogen) atoms. The Kier molecular flexibility index (Phi) is 3.27. The summed E-state index contributed by atoms with van der Waals surface area (Å²) < 4.78 is 24.3. The van der Waals surface area contributed by atoms with Crippen molar-refractivity contribution in [3.63, 3.8) is 0 Å². The van der Waals surface area contributed by atoms with E-state index in [4.69, 9.17) is 6.42 Å². The zero-order chi connectivity index (χ0) is 15.9. The van der Waals surface area contributed by atoms with Gasteiger partial charge < -0.3 is 4.90 Å². The van der Waals surface area contributed by atoms with Crippen molar-refractivity contribution in [3.05, 3.63) is 29.5 Å². The SMILES string of the molecule is C#CCN(C)c1c(C#N)cnc2ccc3c(c12)CCS3(=O)=O. The average molecular weight is 311 g/mol. The van der Waals surface area contributed by atoms with Crippen molar-refractivity contribution in [1.29, 1.82) is 5.26 Å². The Morgan fingerprint density at radius 3 is 2.91 bits per heavy atom. The van der Waals surface area contributed by atoms with Crippen molar-refractivity contribution >= 4 is 26.4 Å². The van der Waals surface area contributed by atoms with Crippen molar-refractivity contribution in [3.8, 4) is 18.4 Å². The molecule has 5 nitrogen and oxygen atoms in total. The van der Waals surface area contributed by atoms with E-state index in [9.17, 15) is 13.7 Å². The molecular weight excluding hydrogens is 298 g/mol. The predicted molar refractivity (Wildman–Crippen MR) is 84.3 cm³/mol. The minimum Gasteiger partial charge on any atom is -0.362 e. The standard InChI is InChI=1S/C16H13N3O2S/c1-3-7-19(2)16-11(9-17)10-18-13-4-5-14-12(15(13)16)6-8-22(14,20)21/h1,4-5,10H,6-8H2,2H3. The van der Waals surface area contributed by atoms with Crippen LogP contribution in [0.3, 0.4) is 0 Å². The largest absolute Gasteiger partial charge is 0.362 e. The number of terminal acetylenes is 1. The molecule has 0 bridgehead atoms. The van der Waals surface area contributed by atoms with Gasteiger partial charge in [0.15, 0.2) is 9.84 Å². The number of pyridine rings is 1. The second-order valence-electron chi connectivity index (χ2n) is 5.20. The molecule has 0 unspecified atom stereocenters. The van der Waals surface area contributed by atoms with Crippen LogP contribution in [0.1, 0.15) is 11.1 Å². The number of hydrogen-bond acceptors (Lipinski definition) is 5. The van der Waals surface area contributed by atoms with Gasteiger partial charge in [-0.3, -0.25) is 4.98 Å². The maximum atomic E-state index is 12.1. The van der Waals surface area contributed by atoms with Crippen LogP contribution in [0.5, 0.6) is 0 Å². The second-order valence-corrected chi connectivity index (χ2v) is 7.28. The summed E-state index contributed by atoms with van der Waals surface area (Å²) in [6, 6.07) is 5.40. The van der Waals surface area contributed by atoms with E-state index in [0.29, 0.717) is 34.6 Å². The molecule has 1 aromatic heterocycles. The van der Waals surface area contributed by atoms with Crippen LogP contribution in [0, 0.1) is 23.7 Å². The average Bonchev–Trinajstić information content (AvgIpc) is 2.81. The van der Waals surface area contributed by atoms with Gasteiger partial charge in [0.1, 0.15) is 6.07 Å². The number of anilines is 1. The Morgan fingerprint density at radius 2 is 2.23 bits per heavy atom. The molecule has 2 aromatic rings. The first kappa shape index (κ1) is 14.4. The smallest absolute Gasteiger partial charge is 0.179 e. The van der Waals surface area contributed by atoms with E-state index in [1.165, 1.54) is 6.20 Å². The summed E-state index contributed by atoms with van der Waals surface area (Å²) in [5.41, 5.74) is 2.46. The summed E-state index contributed by atoms with van der Waals surface area (Å²) in [4.78, 5) is 6.41. The highest BCUT2D eigenvalue weighted by Crippen LogP contribution is 2.38. The quantitative estimate of drug-likeness (QED) is 0.786. The van der Waals surface area contributed by atoms with Crippen molar-refractivity contribution in [2.45, 2.75) is 11.3 Å². The molecule has 1 aromatic carbocycles. The highest BCUT2D eigenvalue weighted by Gasteiger charge is 2.30. The third kappa shape index (κ3) is 2.01. The number of fused-ring (bicyclic) bond motifs is 3. The lowest BCUT2D eigenvalue weighted by atomic mass is 10.0. The molecule has 0 radical (unpaired) electrons. The van der Waals surface area contributed by atoms with E-state index >= 15 is 0 Å². The molecule has 0 aliphatic carbocycles. The summed E-state index contributed by atoms with van der Waals surface area (Å²) in [6.07, 6.45) is 7.31. The molecule has 1 aliphatic rings. The van der Waals surface area contributed by atoms with Gasteiger partial charge in [0.2, 0.25) is 0 Å². The molecule has 3 rings (SSSR count). The lowest BCUT2D eigenvalue weighted by Gasteiger charge is -2.21. The molecule has 0 amide bonds. The topological polar surface area (TPSA) is 74.1 Å². The summed E-state index contributed by atoms with van der Waals surface area (Å²) in [6.45, 7) is 0.324. The highest BCUT2D eigenvalue weighted by atomic mass is 32.2. The van der Waals surface area contributed by atoms with Gasteiger partial charge in [-0.1, -0.05) is 5.92 Å². The lowest BCUT2D eigenvalue weighted by Crippen LogP contribution is -2.19. The second kappa shape index (κ2) is 5.01. The number of nitrogens with zero attached hydrogens (tertiary/aromatic N) is 3. The van der Waals surface area contributed by atoms with Crippen LogP contribution in [0.25, 0.3) is 10.9 Å². The zero-order valence-electron chi connectivity index (χ0n) is 12.0. The fourth-order valence-electron chi connectivity index (χ4n) is 2.90. The predicted octanol–water partition coefficient (Wildman–Crippen LogP) is 1.51. The van der Waals surface area contributed by atoms with Crippen LogP contribution in [0.4, 0.5) is 5.69 Å². The molecule has 0 N–H and O–H groups in total. The molecule has 0 fully saturated rings. The monoisotopic (exact) mass is 311 g/mol. The Labute approximate surface area is 129 Å². The van der Waals surface area contributed by atoms with E-state index in [0.717, 1.165) is 10.9 Å². The number of sulfone groups is 1. The Morgan fingerprint density at radius 1 is 1.45 bits per heavy atom. The van der Waals surface area contributed by atoms with Crippen LogP contribution < -0.4 is 4.90 Å². The van der Waals surface area contributed by atoms with E-state index in [1.807, 2.05) is 0 Å². The van der Waals surface area contributed by atoms with Gasteiger partial charge in [-0.05, 0) is 24.1 Å². The molecule has 110 valence electrons. The first-order valence-electron chi connectivity index (χ1n) is 6.71. The number of benzene rings is 1. The van der Waals surface area contributed by atoms with Crippen molar-refractivity contribution in [2.75, 3.05) is 24.2 Å². The lowest BCUT2D eigenvalue weighted by molar-refractivity contribution is 0.600. The van der Waals surface area contributed by atoms with Gasteiger partial charge in [0, 0.05) is 18.6 Å². The Hall–Kier alpha value is -2.57. The van der Waals surface area contributed by atoms with Crippen molar-refractivity contribution in [1.82, 2.24) is 4.98 Å². The highest BCUT2D eigenvalue weighted by molar-refractivity contribution is 7.91. The molecule has 2 heterocycles. The van der Waals surface area contributed by atoms with Crippen LogP contribution in [0.15, 0.2) is 23.2 Å². The van der Waals surface area contributed by atoms with Crippen LogP contribution in [-0.4, -0.2) is 32.7 Å². The minimum absolute atomic E-state index is 0.0938. The maximum Gasteiger partial charge on any atom is 0.179 e. The molecule has 6 heteroatoms. The van der Waals surface area contributed by atoms with Crippen LogP contribution in [-0.2, 0) is 16.3 Å². The normalized spacial score (nSPS) is 15.0. The summed E-state index contributed by atoms with van der Waals surface area (Å²) in [5.74, 6) is 2.64. The van der Waals surface area contributed by atoms with E-state index in [1.54, 1.807) is 24.1 Å². The van der Waals surface area contributed by atoms with Gasteiger partial charge in [0.25, 0.3) is 0 Å². The third-order valence-corrected chi connectivity index (χ3v) is 5.65. The van der Waals surface area contributed by atoms with Gasteiger partial charge in [-0.2, -0.15) is 5.26 Å². The third-order valence-electron chi connectivity index (χ3n) is 3.86. The Bertz CT molecular complexity index is 966. The van der Waals surface area contributed by atoms with Gasteiger partial charge in [0.05, 0.1) is 34.0 Å². The number of aryl methyl sites for hydroxylation is 1. The molecule has 0 saturated heterocycles. The number of nitriles is 1. The first-order chi connectivity index (χ1) is 10.5. The van der Waals surface area contributed by atoms with Gasteiger partial charge in [-0.15, -0.1) is 6.42 Å². The summed E-state index contributed by atoms with van der Waals surface area (Å²) in [5, 5.41) is 10.1. The van der Waals surface area contributed by atoms with Crippen molar-refractivity contribution in [2.24, 2.45) is 0 Å². The Balaban J connectivity index is 2.44. The molecule has 0 atom stereocenters. The molecular formula is C16H13N3O2S. The fourth-order valence-corrected chi connectivity index (χ4v) is 4.45. The first-order valence-corrected chi connectivity index (χ1v) is 8.37. The fraction of sp³-hybridized carbons (Fsp3) is 0.250. The van der Waals surface area contributed by atoms with Gasteiger partial charge >= 0.3 is 0 Å². The van der Waals surface area contributed by atoms with E-state index in [-0.39, 0.29) is 5.75 Å². The van der Waals surface area contributed by atoms with Crippen LogP contribution >= 0.6 is 0 Å². The van der Waals surface area contributed by atoms with E-state index < -0.39 is 9.84 Å². The maximum absolute atomic E-state index is 12.1. The summed E-state index contributed by atoms with van der Waals surface area (Å²) >= 11 is 0. The number of aromatic nitrogens is 1. The summed E-state index contributed by atoms with van der Waals surface area (Å²) in [7, 11) is -1.45. The number of rotatable bonds is 2. The molecule has 1 aliphatic heterocycles. The van der Waals surface area contributed by atoms with Crippen molar-refractivity contribution < 1.29 is 8.42 Å². The number of hydrogen-bond donors (Lipinski definition) is 0.